The molecule has 1 aliphatic rings. The van der Waals surface area contributed by atoms with Gasteiger partial charge in [0.2, 0.25) is 0 Å². The Morgan fingerprint density at radius 2 is 2.08 bits per heavy atom. The van der Waals surface area contributed by atoms with Crippen molar-refractivity contribution in [2.75, 3.05) is 10.6 Å². The van der Waals surface area contributed by atoms with E-state index >= 15 is 0 Å². The summed E-state index contributed by atoms with van der Waals surface area (Å²) in [5.41, 5.74) is 7.29. The lowest BCUT2D eigenvalue weighted by Gasteiger charge is -2.29. The van der Waals surface area contributed by atoms with Crippen LogP contribution in [0.4, 0.5) is 17.3 Å². The third kappa shape index (κ3) is 4.26. The molecule has 0 aromatic carbocycles. The maximum Gasteiger partial charge on any atom is 0.358 e. The van der Waals surface area contributed by atoms with E-state index in [1.807, 2.05) is 19.1 Å². The zero-order chi connectivity index (χ0) is 18.5. The lowest BCUT2D eigenvalue weighted by atomic mass is 9.91. The van der Waals surface area contributed by atoms with Crippen LogP contribution in [0.25, 0.3) is 0 Å². The molecule has 0 spiro atoms. The quantitative estimate of drug-likeness (QED) is 0.622. The molecule has 0 radical (unpaired) electrons. The van der Waals surface area contributed by atoms with Crippen molar-refractivity contribution in [2.24, 2.45) is 5.73 Å². The second-order valence-corrected chi connectivity index (χ2v) is 6.49. The van der Waals surface area contributed by atoms with Gasteiger partial charge in [-0.1, -0.05) is 25.8 Å². The topological polar surface area (TPSA) is 126 Å². The number of hydrogen-bond acceptors (Lipinski definition) is 7. The van der Waals surface area contributed by atoms with Gasteiger partial charge < -0.3 is 21.5 Å². The van der Waals surface area contributed by atoms with Crippen LogP contribution in [0.15, 0.2) is 24.3 Å². The highest BCUT2D eigenvalue weighted by atomic mass is 16.4. The number of rotatable bonds is 6. The van der Waals surface area contributed by atoms with Crippen LogP contribution in [0, 0.1) is 0 Å². The van der Waals surface area contributed by atoms with Crippen molar-refractivity contribution in [1.82, 2.24) is 15.2 Å². The summed E-state index contributed by atoms with van der Waals surface area (Å²) in [7, 11) is 0. The van der Waals surface area contributed by atoms with Crippen molar-refractivity contribution < 1.29 is 9.90 Å². The molecular weight excluding hydrogens is 332 g/mol. The second kappa shape index (κ2) is 8.09. The Morgan fingerprint density at radius 1 is 1.27 bits per heavy atom. The average Bonchev–Trinajstić information content (AvgIpc) is 2.64. The Balaban J connectivity index is 1.85. The minimum absolute atomic E-state index is 0.0593. The number of carboxylic acid groups (broad SMARTS) is 1. The van der Waals surface area contributed by atoms with Crippen LogP contribution in [0.5, 0.6) is 0 Å². The molecule has 8 heteroatoms. The van der Waals surface area contributed by atoms with Gasteiger partial charge in [0, 0.05) is 23.8 Å². The van der Waals surface area contributed by atoms with Gasteiger partial charge in [-0.05, 0) is 31.4 Å². The van der Waals surface area contributed by atoms with Crippen molar-refractivity contribution in [3.8, 4) is 0 Å². The van der Waals surface area contributed by atoms with E-state index in [0.717, 1.165) is 37.8 Å². The first-order valence-corrected chi connectivity index (χ1v) is 8.93. The van der Waals surface area contributed by atoms with E-state index in [2.05, 4.69) is 25.8 Å². The standard InChI is InChI=1S/C18H24N6O2/c1-2-11-6-5-9-15(20-11)22-14-10-16(23-24-17(14)18(25)26)21-13-8-4-3-7-12(13)19/h5-6,9-10,12-13H,2-4,7-8,19H2,1H3,(H,25,26)(H2,20,21,22,23). The van der Waals surface area contributed by atoms with Crippen LogP contribution < -0.4 is 16.4 Å². The van der Waals surface area contributed by atoms with Gasteiger partial charge in [0.25, 0.3) is 0 Å². The summed E-state index contributed by atoms with van der Waals surface area (Å²) in [4.78, 5) is 15.9. The van der Waals surface area contributed by atoms with Crippen molar-refractivity contribution in [1.29, 1.82) is 0 Å². The summed E-state index contributed by atoms with van der Waals surface area (Å²) in [6.07, 6.45) is 4.98. The number of anilines is 3. The minimum Gasteiger partial charge on any atom is -0.476 e. The van der Waals surface area contributed by atoms with E-state index in [-0.39, 0.29) is 17.8 Å². The SMILES string of the molecule is CCc1cccc(Nc2cc(NC3CCCCC3N)nnc2C(=O)O)n1. The molecule has 0 amide bonds. The average molecular weight is 356 g/mol. The first-order valence-electron chi connectivity index (χ1n) is 8.93. The summed E-state index contributed by atoms with van der Waals surface area (Å²) >= 11 is 0. The van der Waals surface area contributed by atoms with E-state index in [4.69, 9.17) is 5.73 Å². The smallest absolute Gasteiger partial charge is 0.358 e. The molecule has 2 heterocycles. The van der Waals surface area contributed by atoms with Crippen molar-refractivity contribution in [2.45, 2.75) is 51.1 Å². The molecule has 1 saturated carbocycles. The highest BCUT2D eigenvalue weighted by Crippen LogP contribution is 2.24. The van der Waals surface area contributed by atoms with E-state index < -0.39 is 5.97 Å². The largest absolute Gasteiger partial charge is 0.476 e. The molecule has 2 aromatic heterocycles. The molecule has 2 unspecified atom stereocenters. The van der Waals surface area contributed by atoms with E-state index in [1.54, 1.807) is 12.1 Å². The summed E-state index contributed by atoms with van der Waals surface area (Å²) in [5.74, 6) is -0.0702. The van der Waals surface area contributed by atoms with Crippen molar-refractivity contribution >= 4 is 23.3 Å². The van der Waals surface area contributed by atoms with Crippen molar-refractivity contribution in [3.63, 3.8) is 0 Å². The molecule has 8 nitrogen and oxygen atoms in total. The van der Waals surface area contributed by atoms with Gasteiger partial charge in [0.05, 0.1) is 5.69 Å². The van der Waals surface area contributed by atoms with E-state index in [0.29, 0.717) is 17.3 Å². The molecule has 1 aliphatic carbocycles. The minimum atomic E-state index is -1.15. The molecule has 1 fully saturated rings. The molecule has 0 aliphatic heterocycles. The number of nitrogens with zero attached hydrogens (tertiary/aromatic N) is 3. The fraction of sp³-hybridized carbons (Fsp3) is 0.444. The predicted octanol–water partition coefficient (Wildman–Crippen LogP) is 2.56. The number of hydrogen-bond donors (Lipinski definition) is 4. The van der Waals surface area contributed by atoms with Gasteiger partial charge in [-0.2, -0.15) is 0 Å². The maximum absolute atomic E-state index is 11.5. The Kier molecular flexibility index (Phi) is 5.62. The molecule has 26 heavy (non-hydrogen) atoms. The predicted molar refractivity (Wildman–Crippen MR) is 99.7 cm³/mol. The summed E-state index contributed by atoms with van der Waals surface area (Å²) in [5, 5.41) is 23.6. The fourth-order valence-electron chi connectivity index (χ4n) is 3.13. The third-order valence-corrected chi connectivity index (χ3v) is 4.58. The number of nitrogens with two attached hydrogens (primary N) is 1. The lowest BCUT2D eigenvalue weighted by Crippen LogP contribution is -2.42. The number of carbonyl (C=O) groups is 1. The van der Waals surface area contributed by atoms with Crippen molar-refractivity contribution in [3.05, 3.63) is 35.7 Å². The lowest BCUT2D eigenvalue weighted by molar-refractivity contribution is 0.0690. The molecule has 3 rings (SSSR count). The van der Waals surface area contributed by atoms with Gasteiger partial charge in [-0.25, -0.2) is 9.78 Å². The molecule has 0 bridgehead atoms. The number of carboxylic acids is 1. The monoisotopic (exact) mass is 356 g/mol. The highest BCUT2D eigenvalue weighted by molar-refractivity contribution is 5.93. The summed E-state index contributed by atoms with van der Waals surface area (Å²) in [6, 6.07) is 7.41. The summed E-state index contributed by atoms with van der Waals surface area (Å²) < 4.78 is 0. The van der Waals surface area contributed by atoms with Crippen LogP contribution in [-0.2, 0) is 6.42 Å². The molecule has 138 valence electrons. The Hall–Kier alpha value is -2.74. The normalized spacial score (nSPS) is 19.8. The Labute approximate surface area is 152 Å². The van der Waals surface area contributed by atoms with E-state index in [1.165, 1.54) is 0 Å². The Morgan fingerprint density at radius 3 is 2.81 bits per heavy atom. The third-order valence-electron chi connectivity index (χ3n) is 4.58. The number of pyridine rings is 1. The zero-order valence-corrected chi connectivity index (χ0v) is 14.8. The first-order chi connectivity index (χ1) is 12.6. The van der Waals surface area contributed by atoms with Gasteiger partial charge in [-0.3, -0.25) is 0 Å². The van der Waals surface area contributed by atoms with Crippen LogP contribution in [0.3, 0.4) is 0 Å². The number of aryl methyl sites for hydroxylation is 1. The van der Waals surface area contributed by atoms with Crippen LogP contribution >= 0.6 is 0 Å². The number of nitrogens with one attached hydrogen (secondary N) is 2. The van der Waals surface area contributed by atoms with E-state index in [9.17, 15) is 9.90 Å². The molecular formula is C18H24N6O2. The molecule has 2 atom stereocenters. The maximum atomic E-state index is 11.5. The number of aromatic carboxylic acids is 1. The first kappa shape index (κ1) is 18.1. The zero-order valence-electron chi connectivity index (χ0n) is 14.8. The van der Waals surface area contributed by atoms with Crippen LogP contribution in [-0.4, -0.2) is 38.3 Å². The van der Waals surface area contributed by atoms with Gasteiger partial charge in [0.1, 0.15) is 5.82 Å². The van der Waals surface area contributed by atoms with Gasteiger partial charge in [0.15, 0.2) is 11.5 Å². The van der Waals surface area contributed by atoms with Crippen LogP contribution in [0.1, 0.15) is 48.8 Å². The highest BCUT2D eigenvalue weighted by Gasteiger charge is 2.23. The van der Waals surface area contributed by atoms with Gasteiger partial charge >= 0.3 is 5.97 Å². The number of aromatic nitrogens is 3. The Bertz CT molecular complexity index is 782. The van der Waals surface area contributed by atoms with Gasteiger partial charge in [-0.15, -0.1) is 10.2 Å². The second-order valence-electron chi connectivity index (χ2n) is 6.49. The molecule has 5 N–H and O–H groups in total. The summed E-state index contributed by atoms with van der Waals surface area (Å²) in [6.45, 7) is 2.01. The molecule has 2 aromatic rings. The fourth-order valence-corrected chi connectivity index (χ4v) is 3.13. The van der Waals surface area contributed by atoms with Crippen LogP contribution in [0.2, 0.25) is 0 Å². The molecule has 0 saturated heterocycles.